The van der Waals surface area contributed by atoms with E-state index in [2.05, 4.69) is 42.7 Å². The number of benzene rings is 4. The van der Waals surface area contributed by atoms with Gasteiger partial charge in [0.1, 0.15) is 17.2 Å². The van der Waals surface area contributed by atoms with Gasteiger partial charge in [0.25, 0.3) is 0 Å². The molecule has 0 aliphatic rings. The third kappa shape index (κ3) is 5.05. The Morgan fingerprint density at radius 2 is 1.16 bits per heavy atom. The molecule has 0 radical (unpaired) electrons. The van der Waals surface area contributed by atoms with Crippen molar-refractivity contribution in [2.45, 2.75) is 6.92 Å². The second kappa shape index (κ2) is 9.67. The normalized spacial score (nSPS) is 10.3. The highest BCUT2D eigenvalue weighted by molar-refractivity contribution is 5.83. The van der Waals surface area contributed by atoms with E-state index in [1.54, 1.807) is 12.1 Å². The van der Waals surface area contributed by atoms with E-state index in [0.717, 1.165) is 34.6 Å². The molecule has 4 aromatic rings. The fourth-order valence-corrected chi connectivity index (χ4v) is 3.25. The Morgan fingerprint density at radius 1 is 0.688 bits per heavy atom. The minimum absolute atomic E-state index is 0.467. The summed E-state index contributed by atoms with van der Waals surface area (Å²) in [6.45, 7) is 5.49. The van der Waals surface area contributed by atoms with Crippen molar-refractivity contribution in [1.82, 2.24) is 0 Å². The topological polar surface area (TPSA) is 38.8 Å². The van der Waals surface area contributed by atoms with Crippen molar-refractivity contribution < 1.29 is 14.3 Å². The van der Waals surface area contributed by atoms with Crippen LogP contribution in [0.4, 0.5) is 17.1 Å². The largest absolute Gasteiger partial charge is 0.457 e. The number of esters is 1. The molecule has 0 amide bonds. The maximum absolute atomic E-state index is 11.5. The average Bonchev–Trinajstić information content (AvgIpc) is 2.83. The summed E-state index contributed by atoms with van der Waals surface area (Å²) in [6.07, 6.45) is 1.14. The van der Waals surface area contributed by atoms with Gasteiger partial charge in [-0.15, -0.1) is 0 Å². The molecule has 4 aromatic carbocycles. The fraction of sp³-hybridized carbons (Fsp3) is 0.0357. The quantitative estimate of drug-likeness (QED) is 0.178. The highest BCUT2D eigenvalue weighted by Gasteiger charge is 2.13. The van der Waals surface area contributed by atoms with E-state index >= 15 is 0 Å². The van der Waals surface area contributed by atoms with Crippen molar-refractivity contribution in [2.24, 2.45) is 0 Å². The van der Waals surface area contributed by atoms with Gasteiger partial charge in [-0.25, -0.2) is 4.79 Å². The van der Waals surface area contributed by atoms with Crippen LogP contribution in [0.15, 0.2) is 116 Å². The van der Waals surface area contributed by atoms with E-state index in [0.29, 0.717) is 5.75 Å². The van der Waals surface area contributed by atoms with E-state index in [1.165, 1.54) is 5.56 Å². The summed E-state index contributed by atoms with van der Waals surface area (Å²) in [5.74, 6) is 1.53. The first-order valence-electron chi connectivity index (χ1n) is 10.3. The van der Waals surface area contributed by atoms with Gasteiger partial charge >= 0.3 is 5.97 Å². The second-order valence-electron chi connectivity index (χ2n) is 7.20. The first kappa shape index (κ1) is 20.9. The van der Waals surface area contributed by atoms with Crippen LogP contribution >= 0.6 is 0 Å². The zero-order chi connectivity index (χ0) is 22.3. The number of aryl methyl sites for hydroxylation is 1. The van der Waals surface area contributed by atoms with E-state index in [4.69, 9.17) is 9.47 Å². The number of anilines is 3. The number of para-hydroxylation sites is 1. The van der Waals surface area contributed by atoms with E-state index in [9.17, 15) is 4.79 Å². The summed E-state index contributed by atoms with van der Waals surface area (Å²) in [5.41, 5.74) is 4.12. The predicted molar refractivity (Wildman–Crippen MR) is 128 cm³/mol. The monoisotopic (exact) mass is 421 g/mol. The van der Waals surface area contributed by atoms with Gasteiger partial charge in [0.05, 0.1) is 0 Å². The molecule has 0 heterocycles. The van der Waals surface area contributed by atoms with E-state index in [-0.39, 0.29) is 0 Å². The highest BCUT2D eigenvalue weighted by Crippen LogP contribution is 2.36. The summed E-state index contributed by atoms with van der Waals surface area (Å²) in [7, 11) is 0. The Balaban J connectivity index is 1.64. The molecule has 0 unspecified atom stereocenters. The molecular weight excluding hydrogens is 398 g/mol. The molecule has 4 nitrogen and oxygen atoms in total. The van der Waals surface area contributed by atoms with Crippen LogP contribution in [-0.4, -0.2) is 5.97 Å². The zero-order valence-corrected chi connectivity index (χ0v) is 17.8. The van der Waals surface area contributed by atoms with Crippen LogP contribution in [0, 0.1) is 6.92 Å². The van der Waals surface area contributed by atoms with E-state index in [1.807, 2.05) is 66.7 Å². The predicted octanol–water partition coefficient (Wildman–Crippen LogP) is 7.35. The van der Waals surface area contributed by atoms with Crippen LogP contribution in [-0.2, 0) is 4.79 Å². The molecule has 0 aromatic heterocycles. The summed E-state index contributed by atoms with van der Waals surface area (Å²) in [4.78, 5) is 13.6. The van der Waals surface area contributed by atoms with Crippen LogP contribution in [0.1, 0.15) is 5.56 Å². The van der Waals surface area contributed by atoms with Gasteiger partial charge in [0.15, 0.2) is 0 Å². The Bertz CT molecular complexity index is 1180. The van der Waals surface area contributed by atoms with Crippen molar-refractivity contribution in [3.05, 3.63) is 121 Å². The maximum atomic E-state index is 11.5. The smallest absolute Gasteiger partial charge is 0.335 e. The number of ether oxygens (including phenoxy) is 2. The molecule has 0 N–H and O–H groups in total. The molecule has 0 saturated carbocycles. The lowest BCUT2D eigenvalue weighted by Gasteiger charge is -2.26. The molecule has 0 spiro atoms. The molecule has 158 valence electrons. The van der Waals surface area contributed by atoms with Crippen molar-refractivity contribution in [1.29, 1.82) is 0 Å². The zero-order valence-electron chi connectivity index (χ0n) is 17.8. The molecule has 0 atom stereocenters. The van der Waals surface area contributed by atoms with Crippen molar-refractivity contribution in [2.75, 3.05) is 4.90 Å². The standard InChI is InChI=1S/C28H23NO3/c1-3-28(30)32-27-19-15-24(16-20-27)29(22-11-9-21(2)10-12-22)23-13-17-26(18-14-23)31-25-7-5-4-6-8-25/h3-20H,1H2,2H3. The van der Waals surface area contributed by atoms with Crippen LogP contribution < -0.4 is 14.4 Å². The minimum atomic E-state index is -0.484. The third-order valence-electron chi connectivity index (χ3n) is 4.85. The molecule has 0 aliphatic carbocycles. The lowest BCUT2D eigenvalue weighted by Crippen LogP contribution is -2.10. The Kier molecular flexibility index (Phi) is 6.33. The van der Waals surface area contributed by atoms with Gasteiger partial charge in [-0.3, -0.25) is 0 Å². The highest BCUT2D eigenvalue weighted by atomic mass is 16.5. The summed E-state index contributed by atoms with van der Waals surface area (Å²) >= 11 is 0. The minimum Gasteiger partial charge on any atom is -0.457 e. The van der Waals surface area contributed by atoms with Crippen molar-refractivity contribution >= 4 is 23.0 Å². The summed E-state index contributed by atoms with van der Waals surface area (Å²) < 4.78 is 11.1. The van der Waals surface area contributed by atoms with Crippen LogP contribution in [0.2, 0.25) is 0 Å². The summed E-state index contributed by atoms with van der Waals surface area (Å²) in [5, 5.41) is 0. The molecule has 4 rings (SSSR count). The molecule has 0 bridgehead atoms. The van der Waals surface area contributed by atoms with Crippen molar-refractivity contribution in [3.63, 3.8) is 0 Å². The third-order valence-corrected chi connectivity index (χ3v) is 4.85. The Hall–Kier alpha value is -4.31. The SMILES string of the molecule is C=CC(=O)Oc1ccc(N(c2ccc(C)cc2)c2ccc(Oc3ccccc3)cc2)cc1. The van der Waals surface area contributed by atoms with Gasteiger partial charge in [-0.2, -0.15) is 0 Å². The molecule has 0 saturated heterocycles. The molecular formula is C28H23NO3. The van der Waals surface area contributed by atoms with Crippen LogP contribution in [0.3, 0.4) is 0 Å². The first-order valence-corrected chi connectivity index (χ1v) is 10.3. The number of hydrogen-bond donors (Lipinski definition) is 0. The van der Waals surface area contributed by atoms with Crippen LogP contribution in [0.25, 0.3) is 0 Å². The maximum Gasteiger partial charge on any atom is 0.335 e. The number of rotatable bonds is 7. The lowest BCUT2D eigenvalue weighted by atomic mass is 10.1. The number of carbonyl (C=O) groups excluding carboxylic acids is 1. The van der Waals surface area contributed by atoms with Gasteiger partial charge < -0.3 is 14.4 Å². The molecule has 32 heavy (non-hydrogen) atoms. The number of carbonyl (C=O) groups is 1. The van der Waals surface area contributed by atoms with Crippen molar-refractivity contribution in [3.8, 4) is 17.2 Å². The second-order valence-corrected chi connectivity index (χ2v) is 7.20. The van der Waals surface area contributed by atoms with E-state index < -0.39 is 5.97 Å². The Morgan fingerprint density at radius 3 is 1.69 bits per heavy atom. The van der Waals surface area contributed by atoms with Gasteiger partial charge in [-0.1, -0.05) is 42.5 Å². The fourth-order valence-electron chi connectivity index (χ4n) is 3.25. The van der Waals surface area contributed by atoms with Crippen LogP contribution in [0.5, 0.6) is 17.2 Å². The Labute approximate surface area is 188 Å². The molecule has 0 aliphatic heterocycles. The van der Waals surface area contributed by atoms with Gasteiger partial charge in [0, 0.05) is 23.1 Å². The number of hydrogen-bond acceptors (Lipinski definition) is 4. The van der Waals surface area contributed by atoms with Gasteiger partial charge in [0.2, 0.25) is 0 Å². The molecule has 0 fully saturated rings. The van der Waals surface area contributed by atoms with Gasteiger partial charge in [-0.05, 0) is 79.7 Å². The average molecular weight is 421 g/mol. The number of nitrogens with zero attached hydrogens (tertiary/aromatic N) is 1. The lowest BCUT2D eigenvalue weighted by molar-refractivity contribution is -0.128. The first-order chi connectivity index (χ1) is 15.6. The summed E-state index contributed by atoms with van der Waals surface area (Å²) in [6, 6.07) is 33.3. The molecule has 4 heteroatoms.